The summed E-state index contributed by atoms with van der Waals surface area (Å²) in [7, 11) is 1.35. The van der Waals surface area contributed by atoms with Crippen molar-refractivity contribution in [2.45, 2.75) is 27.3 Å². The average molecular weight is 461 g/mol. The zero-order valence-corrected chi connectivity index (χ0v) is 19.7. The number of hydrogen-bond donors (Lipinski definition) is 0. The van der Waals surface area contributed by atoms with E-state index in [0.717, 1.165) is 39.8 Å². The molecule has 1 saturated heterocycles. The molecule has 2 amide bonds. The second kappa shape index (κ2) is 9.11. The highest BCUT2D eigenvalue weighted by atomic mass is 32.2. The number of ether oxygens (including phenoxy) is 1. The van der Waals surface area contributed by atoms with Gasteiger partial charge in [0.1, 0.15) is 0 Å². The summed E-state index contributed by atoms with van der Waals surface area (Å²) < 4.78 is 6.89. The molecule has 0 spiro atoms. The molecular weight excluding hydrogens is 436 g/mol. The zero-order valence-electron chi connectivity index (χ0n) is 18.9. The molecule has 2 aromatic carbocycles. The highest BCUT2D eigenvalue weighted by molar-refractivity contribution is 8.18. The molecule has 1 aliphatic heterocycles. The maximum absolute atomic E-state index is 13.0. The molecule has 2 heterocycles. The summed E-state index contributed by atoms with van der Waals surface area (Å²) in [5.74, 6) is -0.718. The first-order chi connectivity index (χ1) is 15.8. The van der Waals surface area contributed by atoms with Crippen molar-refractivity contribution in [3.63, 3.8) is 0 Å². The van der Waals surface area contributed by atoms with Crippen LogP contribution in [0, 0.1) is 20.8 Å². The van der Waals surface area contributed by atoms with Crippen molar-refractivity contribution in [1.82, 2.24) is 9.47 Å². The number of imide groups is 1. The van der Waals surface area contributed by atoms with Crippen LogP contribution in [0.3, 0.4) is 0 Å². The fraction of sp³-hybridized carbons (Fsp3) is 0.192. The maximum atomic E-state index is 13.0. The van der Waals surface area contributed by atoms with Gasteiger partial charge in [0.25, 0.3) is 11.1 Å². The number of hydrogen-bond acceptors (Lipinski definition) is 5. The molecule has 0 atom stereocenters. The van der Waals surface area contributed by atoms with E-state index in [9.17, 15) is 14.4 Å². The summed E-state index contributed by atoms with van der Waals surface area (Å²) in [5, 5.41) is -0.278. The first kappa shape index (κ1) is 22.6. The monoisotopic (exact) mass is 460 g/mol. The Balaban J connectivity index is 1.68. The molecule has 0 N–H and O–H groups in total. The van der Waals surface area contributed by atoms with Crippen LogP contribution in [-0.2, 0) is 16.1 Å². The Morgan fingerprint density at radius 2 is 1.73 bits per heavy atom. The minimum atomic E-state index is -0.419. The molecule has 7 heteroatoms. The number of carbonyl (C=O) groups is 3. The molecule has 0 aliphatic carbocycles. The van der Waals surface area contributed by atoms with Crippen LogP contribution in [0.25, 0.3) is 11.8 Å². The molecule has 1 aromatic heterocycles. The van der Waals surface area contributed by atoms with Crippen LogP contribution >= 0.6 is 11.8 Å². The number of aryl methyl sites for hydroxylation is 2. The average Bonchev–Trinajstić information content (AvgIpc) is 3.23. The van der Waals surface area contributed by atoms with Gasteiger partial charge in [-0.1, -0.05) is 36.4 Å². The number of carbonyl (C=O) groups excluding carboxylic acids is 3. The van der Waals surface area contributed by atoms with Crippen molar-refractivity contribution in [3.05, 3.63) is 93.1 Å². The summed E-state index contributed by atoms with van der Waals surface area (Å²) >= 11 is 0.948. The van der Waals surface area contributed by atoms with Crippen molar-refractivity contribution >= 4 is 35.0 Å². The van der Waals surface area contributed by atoms with Crippen molar-refractivity contribution < 1.29 is 19.1 Å². The Kier molecular flexibility index (Phi) is 6.24. The van der Waals surface area contributed by atoms with Crippen molar-refractivity contribution in [3.8, 4) is 5.69 Å². The smallest absolute Gasteiger partial charge is 0.339 e. The predicted octanol–water partition coefficient (Wildman–Crippen LogP) is 5.43. The van der Waals surface area contributed by atoms with E-state index in [1.54, 1.807) is 18.2 Å². The number of methoxy groups -OCH3 is 1. The molecule has 0 bridgehead atoms. The number of para-hydroxylation sites is 1. The van der Waals surface area contributed by atoms with Gasteiger partial charge in [0.05, 0.1) is 29.8 Å². The first-order valence-electron chi connectivity index (χ1n) is 10.5. The lowest BCUT2D eigenvalue weighted by atomic mass is 10.1. The molecule has 0 radical (unpaired) electrons. The molecule has 33 heavy (non-hydrogen) atoms. The van der Waals surface area contributed by atoms with Crippen LogP contribution in [0.1, 0.15) is 38.4 Å². The van der Waals surface area contributed by atoms with Crippen molar-refractivity contribution in [2.75, 3.05) is 7.11 Å². The van der Waals surface area contributed by atoms with Gasteiger partial charge in [-0.3, -0.25) is 14.5 Å². The van der Waals surface area contributed by atoms with E-state index in [0.29, 0.717) is 16.2 Å². The molecule has 1 aliphatic rings. The Morgan fingerprint density at radius 1 is 1.03 bits per heavy atom. The number of benzene rings is 2. The Labute approximate surface area is 196 Å². The number of nitrogens with zero attached hydrogens (tertiary/aromatic N) is 2. The van der Waals surface area contributed by atoms with Gasteiger partial charge in [0, 0.05) is 11.4 Å². The lowest BCUT2D eigenvalue weighted by Crippen LogP contribution is -2.27. The molecular formula is C26H24N2O4S. The first-order valence-corrected chi connectivity index (χ1v) is 11.3. The van der Waals surface area contributed by atoms with E-state index >= 15 is 0 Å². The molecule has 3 aromatic rings. The van der Waals surface area contributed by atoms with Crippen LogP contribution in [0.5, 0.6) is 0 Å². The van der Waals surface area contributed by atoms with Gasteiger partial charge < -0.3 is 9.30 Å². The standard InChI is InChI=1S/C26H24N2O4S/c1-16-9-5-6-10-19(16)15-27-24(29)23(33-26(27)31)14-20-13-17(2)28(18(20)3)22-12-8-7-11-21(22)25(30)32-4/h5-14H,15H2,1-4H3/b23-14-. The Hall–Kier alpha value is -3.58. The summed E-state index contributed by atoms with van der Waals surface area (Å²) in [6.45, 7) is 6.07. The van der Waals surface area contributed by atoms with E-state index in [1.165, 1.54) is 12.0 Å². The van der Waals surface area contributed by atoms with Gasteiger partial charge in [0.15, 0.2) is 0 Å². The van der Waals surface area contributed by atoms with E-state index < -0.39 is 5.97 Å². The maximum Gasteiger partial charge on any atom is 0.339 e. The van der Waals surface area contributed by atoms with Crippen LogP contribution < -0.4 is 0 Å². The molecule has 6 nitrogen and oxygen atoms in total. The summed E-state index contributed by atoms with van der Waals surface area (Å²) in [6, 6.07) is 16.9. The normalized spacial score (nSPS) is 14.9. The Morgan fingerprint density at radius 3 is 2.45 bits per heavy atom. The summed E-state index contributed by atoms with van der Waals surface area (Å²) in [6.07, 6.45) is 1.75. The number of thioether (sulfide) groups is 1. The third-order valence-electron chi connectivity index (χ3n) is 5.77. The summed E-state index contributed by atoms with van der Waals surface area (Å²) in [5.41, 5.74) is 5.70. The molecule has 168 valence electrons. The van der Waals surface area contributed by atoms with E-state index in [2.05, 4.69) is 0 Å². The van der Waals surface area contributed by atoms with Gasteiger partial charge in [0.2, 0.25) is 0 Å². The number of aromatic nitrogens is 1. The zero-order chi connectivity index (χ0) is 23.7. The second-order valence-corrected chi connectivity index (χ2v) is 8.86. The van der Waals surface area contributed by atoms with E-state index in [-0.39, 0.29) is 17.7 Å². The predicted molar refractivity (Wildman–Crippen MR) is 129 cm³/mol. The number of esters is 1. The summed E-state index contributed by atoms with van der Waals surface area (Å²) in [4.78, 5) is 39.6. The lowest BCUT2D eigenvalue weighted by Gasteiger charge is -2.14. The topological polar surface area (TPSA) is 68.6 Å². The van der Waals surface area contributed by atoms with E-state index in [4.69, 9.17) is 4.74 Å². The number of rotatable bonds is 5. The van der Waals surface area contributed by atoms with Crippen molar-refractivity contribution in [1.29, 1.82) is 0 Å². The van der Waals surface area contributed by atoms with Crippen LogP contribution in [0.2, 0.25) is 0 Å². The van der Waals surface area contributed by atoms with Crippen molar-refractivity contribution in [2.24, 2.45) is 0 Å². The SMILES string of the molecule is COC(=O)c1ccccc1-n1c(C)cc(/C=C2\SC(=O)N(Cc3ccccc3C)C2=O)c1C. The van der Waals surface area contributed by atoms with Crippen LogP contribution in [-0.4, -0.2) is 33.7 Å². The lowest BCUT2D eigenvalue weighted by molar-refractivity contribution is -0.123. The minimum Gasteiger partial charge on any atom is -0.465 e. The van der Waals surface area contributed by atoms with Crippen LogP contribution in [0.15, 0.2) is 59.5 Å². The number of amides is 2. The highest BCUT2D eigenvalue weighted by Crippen LogP contribution is 2.35. The third kappa shape index (κ3) is 4.24. The van der Waals surface area contributed by atoms with Gasteiger partial charge in [-0.25, -0.2) is 4.79 Å². The molecule has 1 fully saturated rings. The van der Waals surface area contributed by atoms with Gasteiger partial charge in [-0.2, -0.15) is 0 Å². The quantitative estimate of drug-likeness (QED) is 0.375. The van der Waals surface area contributed by atoms with Crippen LogP contribution in [0.4, 0.5) is 4.79 Å². The third-order valence-corrected chi connectivity index (χ3v) is 6.68. The van der Waals surface area contributed by atoms with Gasteiger partial charge in [-0.05, 0) is 73.5 Å². The highest BCUT2D eigenvalue weighted by Gasteiger charge is 2.35. The van der Waals surface area contributed by atoms with E-state index in [1.807, 2.05) is 67.8 Å². The van der Waals surface area contributed by atoms with Gasteiger partial charge >= 0.3 is 5.97 Å². The van der Waals surface area contributed by atoms with Gasteiger partial charge in [-0.15, -0.1) is 0 Å². The molecule has 0 unspecified atom stereocenters. The minimum absolute atomic E-state index is 0.250. The largest absolute Gasteiger partial charge is 0.465 e. The molecule has 4 rings (SSSR count). The molecule has 0 saturated carbocycles. The fourth-order valence-corrected chi connectivity index (χ4v) is 4.82. The second-order valence-electron chi connectivity index (χ2n) is 7.86. The Bertz CT molecular complexity index is 1310. The fourth-order valence-electron chi connectivity index (χ4n) is 3.99.